The molecule has 2 fully saturated rings. The van der Waals surface area contributed by atoms with Crippen LogP contribution in [0.1, 0.15) is 31.2 Å². The third kappa shape index (κ3) is 4.06. The van der Waals surface area contributed by atoms with E-state index in [4.69, 9.17) is 4.74 Å². The van der Waals surface area contributed by atoms with Crippen LogP contribution in [0.15, 0.2) is 30.3 Å². The molecule has 1 aromatic carbocycles. The summed E-state index contributed by atoms with van der Waals surface area (Å²) in [7, 11) is 0. The minimum atomic E-state index is -0.878. The highest BCUT2D eigenvalue weighted by Crippen LogP contribution is 2.36. The molecule has 0 atom stereocenters. The van der Waals surface area contributed by atoms with Gasteiger partial charge in [0.15, 0.2) is 0 Å². The van der Waals surface area contributed by atoms with Crippen molar-refractivity contribution >= 4 is 12.1 Å². The topological polar surface area (TPSA) is 78.9 Å². The van der Waals surface area contributed by atoms with Crippen LogP contribution in [-0.4, -0.2) is 47.7 Å². The molecule has 1 saturated heterocycles. The molecule has 0 spiro atoms. The van der Waals surface area contributed by atoms with Crippen LogP contribution in [-0.2, 0) is 16.1 Å². The monoisotopic (exact) mass is 332 g/mol. The van der Waals surface area contributed by atoms with E-state index in [2.05, 4.69) is 10.2 Å². The van der Waals surface area contributed by atoms with Crippen molar-refractivity contribution in [2.75, 3.05) is 19.6 Å². The van der Waals surface area contributed by atoms with E-state index < -0.39 is 17.5 Å². The lowest BCUT2D eigenvalue weighted by atomic mass is 9.78. The molecular formula is C18H24N2O4. The first-order chi connectivity index (χ1) is 11.6. The Morgan fingerprint density at radius 2 is 1.88 bits per heavy atom. The Hall–Kier alpha value is -2.08. The number of hydrogen-bond donors (Lipinski definition) is 2. The molecule has 1 aliphatic carbocycles. The first-order valence-electron chi connectivity index (χ1n) is 8.51. The van der Waals surface area contributed by atoms with Gasteiger partial charge in [-0.1, -0.05) is 30.3 Å². The molecule has 6 nitrogen and oxygen atoms in total. The summed E-state index contributed by atoms with van der Waals surface area (Å²) in [5.74, 6) is -0.832. The summed E-state index contributed by atoms with van der Waals surface area (Å²) < 4.78 is 5.16. The Morgan fingerprint density at radius 1 is 1.21 bits per heavy atom. The van der Waals surface area contributed by atoms with Gasteiger partial charge in [-0.05, 0) is 44.3 Å². The summed E-state index contributed by atoms with van der Waals surface area (Å²) >= 11 is 0. The molecule has 2 aliphatic rings. The Balaban J connectivity index is 1.47. The Labute approximate surface area is 141 Å². The first kappa shape index (κ1) is 16.8. The second-order valence-corrected chi connectivity index (χ2v) is 6.77. The largest absolute Gasteiger partial charge is 0.481 e. The molecule has 1 heterocycles. The summed E-state index contributed by atoms with van der Waals surface area (Å²) in [5, 5.41) is 12.3. The molecule has 24 heavy (non-hydrogen) atoms. The normalized spacial score (nSPS) is 20.3. The number of carboxylic acid groups (broad SMARTS) is 1. The number of amides is 1. The second kappa shape index (κ2) is 7.21. The van der Waals surface area contributed by atoms with E-state index in [1.165, 1.54) is 12.8 Å². The number of likely N-dealkylation sites (tertiary alicyclic amines) is 1. The van der Waals surface area contributed by atoms with Crippen LogP contribution in [0.2, 0.25) is 0 Å². The van der Waals surface area contributed by atoms with Crippen molar-refractivity contribution in [3.05, 3.63) is 35.9 Å². The summed E-state index contributed by atoms with van der Waals surface area (Å²) in [6, 6.07) is 10.1. The number of benzene rings is 1. The standard InChI is InChI=1S/C18H24N2O4/c21-16(22)18(8-10-20(11-9-18)15-6-7-15)13-19-17(23)24-12-14-4-2-1-3-5-14/h1-5,15H,6-13H2,(H,19,23)(H,21,22). The molecule has 1 amide bonds. The van der Waals surface area contributed by atoms with E-state index >= 15 is 0 Å². The van der Waals surface area contributed by atoms with E-state index in [1.807, 2.05) is 30.3 Å². The van der Waals surface area contributed by atoms with Gasteiger partial charge < -0.3 is 20.1 Å². The average molecular weight is 332 g/mol. The molecule has 0 aromatic heterocycles. The number of nitrogens with zero attached hydrogens (tertiary/aromatic N) is 1. The quantitative estimate of drug-likeness (QED) is 0.835. The van der Waals surface area contributed by atoms with Crippen molar-refractivity contribution in [1.82, 2.24) is 10.2 Å². The van der Waals surface area contributed by atoms with Crippen LogP contribution >= 0.6 is 0 Å². The van der Waals surface area contributed by atoms with Crippen LogP contribution in [0.5, 0.6) is 0 Å². The zero-order chi connectivity index (χ0) is 17.0. The van der Waals surface area contributed by atoms with Crippen molar-refractivity contribution in [2.45, 2.75) is 38.3 Å². The number of alkyl carbamates (subject to hydrolysis) is 1. The Kier molecular flexibility index (Phi) is 5.04. The molecule has 0 bridgehead atoms. The lowest BCUT2D eigenvalue weighted by Gasteiger charge is -2.38. The number of hydrogen-bond acceptors (Lipinski definition) is 4. The number of piperidine rings is 1. The van der Waals surface area contributed by atoms with Crippen molar-refractivity contribution in [3.63, 3.8) is 0 Å². The lowest BCUT2D eigenvalue weighted by Crippen LogP contribution is -2.50. The van der Waals surface area contributed by atoms with Gasteiger partial charge in [0.2, 0.25) is 0 Å². The van der Waals surface area contributed by atoms with Gasteiger partial charge in [0.1, 0.15) is 6.61 Å². The van der Waals surface area contributed by atoms with Gasteiger partial charge in [0.05, 0.1) is 5.41 Å². The highest BCUT2D eigenvalue weighted by atomic mass is 16.5. The van der Waals surface area contributed by atoms with Crippen molar-refractivity contribution < 1.29 is 19.4 Å². The molecule has 0 unspecified atom stereocenters. The summed E-state index contributed by atoms with van der Waals surface area (Å²) in [4.78, 5) is 26.0. The SMILES string of the molecule is O=C(NCC1(C(=O)O)CCN(C2CC2)CC1)OCc1ccccc1. The maximum Gasteiger partial charge on any atom is 0.407 e. The summed E-state index contributed by atoms with van der Waals surface area (Å²) in [6.45, 7) is 1.88. The molecule has 6 heteroatoms. The van der Waals surface area contributed by atoms with Gasteiger partial charge in [-0.25, -0.2) is 4.79 Å². The smallest absolute Gasteiger partial charge is 0.407 e. The van der Waals surface area contributed by atoms with Crippen LogP contribution < -0.4 is 5.32 Å². The number of nitrogens with one attached hydrogen (secondary N) is 1. The zero-order valence-corrected chi connectivity index (χ0v) is 13.7. The fourth-order valence-corrected chi connectivity index (χ4v) is 3.24. The molecular weight excluding hydrogens is 308 g/mol. The number of aliphatic carboxylic acids is 1. The first-order valence-corrected chi connectivity index (χ1v) is 8.51. The van der Waals surface area contributed by atoms with E-state index in [1.54, 1.807) is 0 Å². The molecule has 2 N–H and O–H groups in total. The third-order valence-corrected chi connectivity index (χ3v) is 5.06. The third-order valence-electron chi connectivity index (χ3n) is 5.06. The minimum Gasteiger partial charge on any atom is -0.481 e. The number of carboxylic acids is 1. The maximum absolute atomic E-state index is 11.9. The van der Waals surface area contributed by atoms with Gasteiger partial charge in [-0.2, -0.15) is 0 Å². The number of carbonyl (C=O) groups excluding carboxylic acids is 1. The highest BCUT2D eigenvalue weighted by molar-refractivity contribution is 5.76. The van der Waals surface area contributed by atoms with E-state index in [9.17, 15) is 14.7 Å². The predicted molar refractivity (Wildman–Crippen MR) is 88.5 cm³/mol. The number of rotatable bonds is 6. The fourth-order valence-electron chi connectivity index (χ4n) is 3.24. The van der Waals surface area contributed by atoms with Crippen molar-refractivity contribution in [1.29, 1.82) is 0 Å². The van der Waals surface area contributed by atoms with Gasteiger partial charge in [0.25, 0.3) is 0 Å². The number of carbonyl (C=O) groups is 2. The van der Waals surface area contributed by atoms with Gasteiger partial charge in [0, 0.05) is 12.6 Å². The maximum atomic E-state index is 11.9. The van der Waals surface area contributed by atoms with E-state index in [-0.39, 0.29) is 13.2 Å². The van der Waals surface area contributed by atoms with Crippen molar-refractivity contribution in [2.24, 2.45) is 5.41 Å². The predicted octanol–water partition coefficient (Wildman–Crippen LogP) is 2.24. The van der Waals surface area contributed by atoms with E-state index in [0.29, 0.717) is 18.9 Å². The second-order valence-electron chi connectivity index (χ2n) is 6.77. The van der Waals surface area contributed by atoms with Crippen LogP contribution in [0.25, 0.3) is 0 Å². The lowest BCUT2D eigenvalue weighted by molar-refractivity contribution is -0.151. The molecule has 1 aromatic rings. The van der Waals surface area contributed by atoms with Crippen LogP contribution in [0, 0.1) is 5.41 Å². The average Bonchev–Trinajstić information content (AvgIpc) is 3.44. The highest BCUT2D eigenvalue weighted by Gasteiger charge is 2.44. The van der Waals surface area contributed by atoms with Gasteiger partial charge >= 0.3 is 12.1 Å². The van der Waals surface area contributed by atoms with Gasteiger partial charge in [-0.15, -0.1) is 0 Å². The Morgan fingerprint density at radius 3 is 2.46 bits per heavy atom. The zero-order valence-electron chi connectivity index (χ0n) is 13.7. The minimum absolute atomic E-state index is 0.120. The molecule has 1 saturated carbocycles. The summed E-state index contributed by atoms with van der Waals surface area (Å²) in [6.07, 6.45) is 3.02. The number of ether oxygens (including phenoxy) is 1. The Bertz CT molecular complexity index is 578. The van der Waals surface area contributed by atoms with Gasteiger partial charge in [-0.3, -0.25) is 4.79 Å². The fraction of sp³-hybridized carbons (Fsp3) is 0.556. The molecule has 3 rings (SSSR count). The van der Waals surface area contributed by atoms with Crippen LogP contribution in [0.4, 0.5) is 4.79 Å². The summed E-state index contributed by atoms with van der Waals surface area (Å²) in [5.41, 5.74) is 0.0234. The van der Waals surface area contributed by atoms with E-state index in [0.717, 1.165) is 18.7 Å². The molecule has 130 valence electrons. The molecule has 0 radical (unpaired) electrons. The van der Waals surface area contributed by atoms with Crippen LogP contribution in [0.3, 0.4) is 0 Å². The van der Waals surface area contributed by atoms with Crippen molar-refractivity contribution in [3.8, 4) is 0 Å². The molecule has 1 aliphatic heterocycles.